The number of carbonyl (C=O) groups is 7. The molecule has 0 aromatic carbocycles. The van der Waals surface area contributed by atoms with Crippen LogP contribution < -0.4 is 33.2 Å². The van der Waals surface area contributed by atoms with Crippen molar-refractivity contribution in [3.05, 3.63) is 0 Å². The summed E-state index contributed by atoms with van der Waals surface area (Å²) >= 11 is 0. The van der Waals surface area contributed by atoms with Crippen molar-refractivity contribution in [2.75, 3.05) is 0 Å². The first-order valence-electron chi connectivity index (χ1n) is 10.8. The summed E-state index contributed by atoms with van der Waals surface area (Å²) in [5.41, 5.74) is 15.9. The summed E-state index contributed by atoms with van der Waals surface area (Å²) in [6, 6.07) is -5.58. The van der Waals surface area contributed by atoms with Crippen LogP contribution in [0, 0.1) is 5.92 Å². The average Bonchev–Trinajstić information content (AvgIpc) is 2.71. The number of nitrogens with one attached hydrogen (secondary N) is 3. The third kappa shape index (κ3) is 13.5. The molecule has 0 saturated heterocycles. The molecule has 35 heavy (non-hydrogen) atoms. The number of aliphatic carboxylic acids is 2. The number of carboxylic acids is 2. The molecule has 198 valence electrons. The zero-order chi connectivity index (χ0) is 27.3. The van der Waals surface area contributed by atoms with Gasteiger partial charge in [-0.25, -0.2) is 4.79 Å². The van der Waals surface area contributed by atoms with Crippen LogP contribution in [0.4, 0.5) is 0 Å². The Balaban J connectivity index is 5.65. The SMILES string of the molecule is CC(C)C[C@H](N)C(=O)N[C@@H](CCC(=O)O)C(=O)N[C@@H](CCC(N)=O)C(=O)N[C@@H](CC(N)=O)C(=O)O. The van der Waals surface area contributed by atoms with Crippen molar-refractivity contribution in [3.8, 4) is 0 Å². The monoisotopic (exact) mass is 502 g/mol. The summed E-state index contributed by atoms with van der Waals surface area (Å²) in [5.74, 6) is -7.33. The van der Waals surface area contributed by atoms with E-state index in [2.05, 4.69) is 10.6 Å². The summed E-state index contributed by atoms with van der Waals surface area (Å²) in [4.78, 5) is 82.4. The number of carboxylic acid groups (broad SMARTS) is 2. The summed E-state index contributed by atoms with van der Waals surface area (Å²) in [7, 11) is 0. The second-order valence-corrected chi connectivity index (χ2v) is 8.37. The summed E-state index contributed by atoms with van der Waals surface area (Å²) in [6.07, 6.45) is -2.01. The van der Waals surface area contributed by atoms with Crippen LogP contribution in [-0.4, -0.2) is 75.9 Å². The lowest BCUT2D eigenvalue weighted by molar-refractivity contribution is -0.144. The molecule has 15 nitrogen and oxygen atoms in total. The number of primary amides is 2. The first-order valence-corrected chi connectivity index (χ1v) is 10.8. The van der Waals surface area contributed by atoms with E-state index in [1.807, 2.05) is 19.2 Å². The number of carbonyl (C=O) groups excluding carboxylic acids is 5. The summed E-state index contributed by atoms with van der Waals surface area (Å²) in [6.45, 7) is 3.65. The fraction of sp³-hybridized carbons (Fsp3) is 0.650. The van der Waals surface area contributed by atoms with Crippen molar-refractivity contribution < 1.29 is 43.8 Å². The molecule has 0 radical (unpaired) electrons. The number of rotatable bonds is 17. The van der Waals surface area contributed by atoms with Gasteiger partial charge in [0.25, 0.3) is 0 Å². The van der Waals surface area contributed by atoms with Crippen LogP contribution in [0.2, 0.25) is 0 Å². The van der Waals surface area contributed by atoms with Crippen LogP contribution in [0.1, 0.15) is 52.4 Å². The second kappa shape index (κ2) is 15.2. The number of amides is 5. The van der Waals surface area contributed by atoms with Gasteiger partial charge in [0, 0.05) is 12.8 Å². The first kappa shape index (κ1) is 31.2. The maximum Gasteiger partial charge on any atom is 0.326 e. The van der Waals surface area contributed by atoms with Crippen LogP contribution in [-0.2, 0) is 33.6 Å². The average molecular weight is 503 g/mol. The lowest BCUT2D eigenvalue weighted by atomic mass is 10.0. The van der Waals surface area contributed by atoms with Crippen molar-refractivity contribution in [1.29, 1.82) is 0 Å². The zero-order valence-corrected chi connectivity index (χ0v) is 19.6. The van der Waals surface area contributed by atoms with Crippen LogP contribution in [0.25, 0.3) is 0 Å². The minimum atomic E-state index is -1.70. The van der Waals surface area contributed by atoms with Crippen LogP contribution in [0.5, 0.6) is 0 Å². The van der Waals surface area contributed by atoms with Gasteiger partial charge in [0.15, 0.2) is 0 Å². The lowest BCUT2D eigenvalue weighted by Crippen LogP contribution is -2.57. The number of hydrogen-bond donors (Lipinski definition) is 8. The van der Waals surface area contributed by atoms with Gasteiger partial charge in [-0.3, -0.25) is 28.8 Å². The van der Waals surface area contributed by atoms with Crippen molar-refractivity contribution in [2.24, 2.45) is 23.1 Å². The van der Waals surface area contributed by atoms with Crippen LogP contribution in [0.3, 0.4) is 0 Å². The molecule has 0 aliphatic carbocycles. The minimum absolute atomic E-state index is 0.0616. The molecule has 0 aromatic rings. The Bertz CT molecular complexity index is 817. The quantitative estimate of drug-likeness (QED) is 0.0991. The largest absolute Gasteiger partial charge is 0.481 e. The van der Waals surface area contributed by atoms with Gasteiger partial charge in [0.1, 0.15) is 18.1 Å². The highest BCUT2D eigenvalue weighted by molar-refractivity contribution is 5.95. The number of nitrogens with two attached hydrogens (primary N) is 3. The highest BCUT2D eigenvalue weighted by Gasteiger charge is 2.31. The first-order chi connectivity index (χ1) is 16.1. The standard InChI is InChI=1S/C20H34N6O9/c1-9(2)7-10(21)17(31)24-12(4-6-16(29)30)18(32)25-11(3-5-14(22)27)19(33)26-13(20(34)35)8-15(23)28/h9-13H,3-8,21H2,1-2H3,(H2,22,27)(H2,23,28)(H,24,31)(H,25,32)(H,26,33)(H,29,30)(H,34,35)/t10-,11-,12-,13-/m0/s1. The van der Waals surface area contributed by atoms with Gasteiger partial charge in [-0.2, -0.15) is 0 Å². The van der Waals surface area contributed by atoms with Gasteiger partial charge in [0.05, 0.1) is 12.5 Å². The van der Waals surface area contributed by atoms with Gasteiger partial charge in [0.2, 0.25) is 29.5 Å². The van der Waals surface area contributed by atoms with Crippen molar-refractivity contribution in [1.82, 2.24) is 16.0 Å². The maximum absolute atomic E-state index is 12.8. The predicted molar refractivity (Wildman–Crippen MR) is 120 cm³/mol. The highest BCUT2D eigenvalue weighted by atomic mass is 16.4. The molecule has 11 N–H and O–H groups in total. The van der Waals surface area contributed by atoms with Crippen LogP contribution in [0.15, 0.2) is 0 Å². The molecule has 5 amide bonds. The Morgan fingerprint density at radius 3 is 1.57 bits per heavy atom. The van der Waals surface area contributed by atoms with E-state index < -0.39 is 78.5 Å². The molecule has 15 heteroatoms. The molecule has 0 aliphatic rings. The number of hydrogen-bond acceptors (Lipinski definition) is 8. The van der Waals surface area contributed by atoms with E-state index in [1.165, 1.54) is 0 Å². The van der Waals surface area contributed by atoms with Crippen molar-refractivity contribution >= 4 is 41.5 Å². The molecular weight excluding hydrogens is 468 g/mol. The Morgan fingerprint density at radius 1 is 0.714 bits per heavy atom. The van der Waals surface area contributed by atoms with E-state index in [1.54, 1.807) is 0 Å². The molecule has 0 aliphatic heterocycles. The summed E-state index contributed by atoms with van der Waals surface area (Å²) in [5, 5.41) is 24.8. The molecule has 0 unspecified atom stereocenters. The van der Waals surface area contributed by atoms with Crippen molar-refractivity contribution in [2.45, 2.75) is 76.5 Å². The molecule has 0 rings (SSSR count). The minimum Gasteiger partial charge on any atom is -0.481 e. The lowest BCUT2D eigenvalue weighted by Gasteiger charge is -2.25. The molecule has 0 spiro atoms. The van der Waals surface area contributed by atoms with E-state index in [9.17, 15) is 38.7 Å². The fourth-order valence-corrected chi connectivity index (χ4v) is 2.93. The van der Waals surface area contributed by atoms with Gasteiger partial charge < -0.3 is 43.4 Å². The Kier molecular flexibility index (Phi) is 13.6. The molecule has 0 aromatic heterocycles. The molecule has 0 heterocycles. The van der Waals surface area contributed by atoms with Gasteiger partial charge in [-0.15, -0.1) is 0 Å². The normalized spacial score (nSPS) is 14.2. The highest BCUT2D eigenvalue weighted by Crippen LogP contribution is 2.07. The van der Waals surface area contributed by atoms with Gasteiger partial charge in [-0.05, 0) is 25.2 Å². The van der Waals surface area contributed by atoms with E-state index in [0.29, 0.717) is 6.42 Å². The van der Waals surface area contributed by atoms with E-state index in [-0.39, 0.29) is 25.2 Å². The third-order valence-electron chi connectivity index (χ3n) is 4.67. The predicted octanol–water partition coefficient (Wildman–Crippen LogP) is -3.10. The van der Waals surface area contributed by atoms with E-state index in [4.69, 9.17) is 22.3 Å². The maximum atomic E-state index is 12.8. The fourth-order valence-electron chi connectivity index (χ4n) is 2.93. The summed E-state index contributed by atoms with van der Waals surface area (Å²) < 4.78 is 0. The molecule has 4 atom stereocenters. The van der Waals surface area contributed by atoms with E-state index >= 15 is 0 Å². The van der Waals surface area contributed by atoms with Crippen molar-refractivity contribution in [3.63, 3.8) is 0 Å². The van der Waals surface area contributed by atoms with Gasteiger partial charge in [-0.1, -0.05) is 13.8 Å². The third-order valence-corrected chi connectivity index (χ3v) is 4.67. The molecule has 0 bridgehead atoms. The molecule has 0 saturated carbocycles. The Labute approximate surface area is 201 Å². The Hall–Kier alpha value is -3.75. The van der Waals surface area contributed by atoms with Crippen LogP contribution >= 0.6 is 0 Å². The molecule has 0 fully saturated rings. The van der Waals surface area contributed by atoms with E-state index in [0.717, 1.165) is 0 Å². The van der Waals surface area contributed by atoms with Gasteiger partial charge >= 0.3 is 11.9 Å². The second-order valence-electron chi connectivity index (χ2n) is 8.37. The topological polar surface area (TPSA) is 274 Å². The smallest absolute Gasteiger partial charge is 0.326 e. The Morgan fingerprint density at radius 2 is 1.17 bits per heavy atom. The zero-order valence-electron chi connectivity index (χ0n) is 19.6. The molecular formula is C20H34N6O9.